The Morgan fingerprint density at radius 1 is 1.16 bits per heavy atom. The lowest BCUT2D eigenvalue weighted by molar-refractivity contribution is -0.125. The number of amides is 3. The third-order valence-electron chi connectivity index (χ3n) is 5.93. The molecule has 2 N–H and O–H groups in total. The van der Waals surface area contributed by atoms with E-state index in [0.717, 1.165) is 6.42 Å². The van der Waals surface area contributed by atoms with Crippen molar-refractivity contribution >= 4 is 29.1 Å². The highest BCUT2D eigenvalue weighted by Gasteiger charge is 2.34. The molecule has 3 amide bonds. The van der Waals surface area contributed by atoms with E-state index in [1.807, 2.05) is 25.3 Å². The number of ether oxygens (including phenoxy) is 1. The highest BCUT2D eigenvalue weighted by Crippen LogP contribution is 2.24. The van der Waals surface area contributed by atoms with E-state index in [4.69, 9.17) is 4.74 Å². The molecule has 1 aliphatic rings. The van der Waals surface area contributed by atoms with Crippen molar-refractivity contribution in [3.63, 3.8) is 0 Å². The molecule has 1 saturated heterocycles. The Kier molecular flexibility index (Phi) is 8.27. The van der Waals surface area contributed by atoms with Crippen LogP contribution in [0.15, 0.2) is 41.8 Å². The summed E-state index contributed by atoms with van der Waals surface area (Å²) < 4.78 is 5.22. The van der Waals surface area contributed by atoms with Crippen molar-refractivity contribution in [1.29, 1.82) is 0 Å². The Morgan fingerprint density at radius 2 is 1.91 bits per heavy atom. The molecule has 0 saturated carbocycles. The highest BCUT2D eigenvalue weighted by atomic mass is 32.1. The summed E-state index contributed by atoms with van der Waals surface area (Å²) in [5.74, 6) is 0.146. The van der Waals surface area contributed by atoms with Crippen LogP contribution in [0.25, 0.3) is 0 Å². The topological polar surface area (TPSA) is 87.7 Å². The lowest BCUT2D eigenvalue weighted by atomic mass is 9.88. The minimum atomic E-state index is -0.632. The third-order valence-corrected chi connectivity index (χ3v) is 6.80. The van der Waals surface area contributed by atoms with Gasteiger partial charge in [-0.3, -0.25) is 14.4 Å². The predicted octanol–water partition coefficient (Wildman–Crippen LogP) is 3.32. The van der Waals surface area contributed by atoms with E-state index in [-0.39, 0.29) is 29.7 Å². The van der Waals surface area contributed by atoms with Crippen LogP contribution < -0.4 is 15.4 Å². The Morgan fingerprint density at radius 3 is 2.53 bits per heavy atom. The van der Waals surface area contributed by atoms with Gasteiger partial charge in [-0.15, -0.1) is 11.3 Å². The molecule has 0 spiro atoms. The standard InChI is InChI=1S/C24H31N3O4S/c1-4-16(2)25-23(29)21(26-22(28)20-9-6-14-32-20)17-10-12-27(13-11-17)24(30)18-7-5-8-19(15-18)31-3/h5-9,14-17,21H,4,10-13H2,1-3H3,(H,25,29)(H,26,28)/t16-,21+/m1/s1. The van der Waals surface area contributed by atoms with Crippen molar-refractivity contribution in [2.24, 2.45) is 5.92 Å². The fraction of sp³-hybridized carbons (Fsp3) is 0.458. The van der Waals surface area contributed by atoms with Crippen molar-refractivity contribution in [3.05, 3.63) is 52.2 Å². The molecule has 2 atom stereocenters. The SMILES string of the molecule is CC[C@@H](C)NC(=O)[C@@H](NC(=O)c1cccs1)C1CCN(C(=O)c2cccc(OC)c2)CC1. The second-order valence-electron chi connectivity index (χ2n) is 8.11. The minimum Gasteiger partial charge on any atom is -0.497 e. The van der Waals surface area contributed by atoms with Gasteiger partial charge in [0.1, 0.15) is 11.8 Å². The smallest absolute Gasteiger partial charge is 0.262 e. The fourth-order valence-electron chi connectivity index (χ4n) is 3.83. The molecule has 0 aliphatic carbocycles. The summed E-state index contributed by atoms with van der Waals surface area (Å²) in [6.45, 7) is 5.02. The average Bonchev–Trinajstić information content (AvgIpc) is 3.37. The molecule has 1 fully saturated rings. The monoisotopic (exact) mass is 457 g/mol. The first-order valence-corrected chi connectivity index (χ1v) is 11.9. The maximum absolute atomic E-state index is 13.0. The van der Waals surface area contributed by atoms with Gasteiger partial charge in [0.2, 0.25) is 5.91 Å². The number of carbonyl (C=O) groups excluding carboxylic acids is 3. The van der Waals surface area contributed by atoms with Gasteiger partial charge in [-0.2, -0.15) is 0 Å². The first-order valence-electron chi connectivity index (χ1n) is 11.0. The lowest BCUT2D eigenvalue weighted by Crippen LogP contribution is -2.55. The summed E-state index contributed by atoms with van der Waals surface area (Å²) in [5.41, 5.74) is 0.583. The first-order chi connectivity index (χ1) is 15.4. The van der Waals surface area contributed by atoms with E-state index < -0.39 is 6.04 Å². The maximum atomic E-state index is 13.0. The molecule has 1 aliphatic heterocycles. The van der Waals surface area contributed by atoms with Gasteiger partial charge in [-0.05, 0) is 61.7 Å². The van der Waals surface area contributed by atoms with E-state index in [1.54, 1.807) is 42.3 Å². The zero-order chi connectivity index (χ0) is 23.1. The van der Waals surface area contributed by atoms with E-state index in [0.29, 0.717) is 42.1 Å². The van der Waals surface area contributed by atoms with Crippen LogP contribution >= 0.6 is 11.3 Å². The van der Waals surface area contributed by atoms with Crippen LogP contribution in [0.5, 0.6) is 5.75 Å². The van der Waals surface area contributed by atoms with E-state index in [1.165, 1.54) is 11.3 Å². The number of hydrogen-bond donors (Lipinski definition) is 2. The molecular formula is C24H31N3O4S. The van der Waals surface area contributed by atoms with E-state index in [9.17, 15) is 14.4 Å². The normalized spacial score (nSPS) is 16.2. The van der Waals surface area contributed by atoms with Crippen LogP contribution in [-0.2, 0) is 4.79 Å². The maximum Gasteiger partial charge on any atom is 0.262 e. The molecule has 2 heterocycles. The highest BCUT2D eigenvalue weighted by molar-refractivity contribution is 7.12. The number of hydrogen-bond acceptors (Lipinski definition) is 5. The van der Waals surface area contributed by atoms with Crippen LogP contribution in [0.2, 0.25) is 0 Å². The second kappa shape index (κ2) is 11.1. The second-order valence-corrected chi connectivity index (χ2v) is 9.06. The van der Waals surface area contributed by atoms with E-state index in [2.05, 4.69) is 10.6 Å². The number of benzene rings is 1. The molecule has 172 valence electrons. The molecule has 0 radical (unpaired) electrons. The van der Waals surface area contributed by atoms with Gasteiger partial charge in [0.25, 0.3) is 11.8 Å². The van der Waals surface area contributed by atoms with Crippen LogP contribution in [0.4, 0.5) is 0 Å². The average molecular weight is 458 g/mol. The number of nitrogens with zero attached hydrogens (tertiary/aromatic N) is 1. The summed E-state index contributed by atoms with van der Waals surface area (Å²) in [6, 6.07) is 10.1. The third kappa shape index (κ3) is 5.88. The molecular weight excluding hydrogens is 426 g/mol. The molecule has 0 bridgehead atoms. The van der Waals surface area contributed by atoms with Gasteiger partial charge in [-0.1, -0.05) is 19.1 Å². The summed E-state index contributed by atoms with van der Waals surface area (Å²) in [7, 11) is 1.57. The van der Waals surface area contributed by atoms with Crippen LogP contribution in [-0.4, -0.2) is 54.9 Å². The number of carbonyl (C=O) groups is 3. The van der Waals surface area contributed by atoms with Crippen LogP contribution in [0.3, 0.4) is 0 Å². The lowest BCUT2D eigenvalue weighted by Gasteiger charge is -2.36. The zero-order valence-electron chi connectivity index (χ0n) is 18.8. The summed E-state index contributed by atoms with van der Waals surface area (Å²) >= 11 is 1.35. The Labute approximate surface area is 193 Å². The molecule has 32 heavy (non-hydrogen) atoms. The minimum absolute atomic E-state index is 0.0263. The Balaban J connectivity index is 1.67. The van der Waals surface area contributed by atoms with Crippen molar-refractivity contribution < 1.29 is 19.1 Å². The summed E-state index contributed by atoms with van der Waals surface area (Å²) in [4.78, 5) is 41.0. The largest absolute Gasteiger partial charge is 0.497 e. The molecule has 7 nitrogen and oxygen atoms in total. The van der Waals surface area contributed by atoms with Crippen LogP contribution in [0.1, 0.15) is 53.1 Å². The van der Waals surface area contributed by atoms with Gasteiger partial charge in [0.15, 0.2) is 0 Å². The first kappa shape index (κ1) is 23.8. The zero-order valence-corrected chi connectivity index (χ0v) is 19.6. The Bertz CT molecular complexity index is 923. The van der Waals surface area contributed by atoms with Crippen LogP contribution in [0, 0.1) is 5.92 Å². The summed E-state index contributed by atoms with van der Waals surface area (Å²) in [6.07, 6.45) is 2.09. The molecule has 1 aromatic heterocycles. The molecule has 0 unspecified atom stereocenters. The number of thiophene rings is 1. The van der Waals surface area contributed by atoms with Gasteiger partial charge < -0.3 is 20.3 Å². The molecule has 2 aromatic rings. The van der Waals surface area contributed by atoms with Crippen molar-refractivity contribution in [1.82, 2.24) is 15.5 Å². The predicted molar refractivity (Wildman–Crippen MR) is 125 cm³/mol. The Hall–Kier alpha value is -2.87. The van der Waals surface area contributed by atoms with E-state index >= 15 is 0 Å². The van der Waals surface area contributed by atoms with Gasteiger partial charge >= 0.3 is 0 Å². The fourth-order valence-corrected chi connectivity index (χ4v) is 4.45. The number of methoxy groups -OCH3 is 1. The number of piperidine rings is 1. The van der Waals surface area contributed by atoms with Crippen molar-refractivity contribution in [2.45, 2.75) is 45.2 Å². The number of rotatable bonds is 8. The van der Waals surface area contributed by atoms with Crippen molar-refractivity contribution in [3.8, 4) is 5.75 Å². The quantitative estimate of drug-likeness (QED) is 0.637. The van der Waals surface area contributed by atoms with Gasteiger partial charge in [0, 0.05) is 24.7 Å². The number of likely N-dealkylation sites (tertiary alicyclic amines) is 1. The summed E-state index contributed by atoms with van der Waals surface area (Å²) in [5, 5.41) is 7.79. The van der Waals surface area contributed by atoms with Gasteiger partial charge in [0.05, 0.1) is 12.0 Å². The molecule has 8 heteroatoms. The molecule has 1 aromatic carbocycles. The van der Waals surface area contributed by atoms with Gasteiger partial charge in [-0.25, -0.2) is 0 Å². The molecule has 3 rings (SSSR count). The van der Waals surface area contributed by atoms with Crippen molar-refractivity contribution in [2.75, 3.05) is 20.2 Å². The number of nitrogens with one attached hydrogen (secondary N) is 2.